The Morgan fingerprint density at radius 1 is 1.19 bits per heavy atom. The Labute approximate surface area is 181 Å². The molecule has 3 fully saturated rings. The summed E-state index contributed by atoms with van der Waals surface area (Å²) in [4.78, 5) is 18.5. The van der Waals surface area contributed by atoms with Gasteiger partial charge in [0.25, 0.3) is 0 Å². The third-order valence-corrected chi connectivity index (χ3v) is 6.77. The van der Waals surface area contributed by atoms with Crippen LogP contribution in [-0.4, -0.2) is 47.1 Å². The van der Waals surface area contributed by atoms with Gasteiger partial charge in [0.2, 0.25) is 0 Å². The minimum absolute atomic E-state index is 0.0101. The lowest BCUT2D eigenvalue weighted by Crippen LogP contribution is -2.64. The van der Waals surface area contributed by atoms with Crippen LogP contribution in [0, 0.1) is 11.3 Å². The number of nitrogens with zero attached hydrogens (tertiary/aromatic N) is 2. The van der Waals surface area contributed by atoms with Crippen LogP contribution in [0.1, 0.15) is 54.6 Å². The predicted octanol–water partition coefficient (Wildman–Crippen LogP) is 4.45. The maximum Gasteiger partial charge on any atom is 0.354 e. The number of ether oxygens (including phenoxy) is 1. The molecular weight excluding hydrogens is 392 g/mol. The van der Waals surface area contributed by atoms with E-state index in [2.05, 4.69) is 15.2 Å². The van der Waals surface area contributed by atoms with Crippen molar-refractivity contribution >= 4 is 28.9 Å². The van der Waals surface area contributed by atoms with Gasteiger partial charge in [0.05, 0.1) is 11.3 Å². The highest BCUT2D eigenvalue weighted by Gasteiger charge is 2.46. The van der Waals surface area contributed by atoms with Crippen molar-refractivity contribution in [3.8, 4) is 0 Å². The van der Waals surface area contributed by atoms with Crippen molar-refractivity contribution in [1.82, 2.24) is 4.98 Å². The lowest BCUT2D eigenvalue weighted by atomic mass is 9.78. The zero-order valence-corrected chi connectivity index (χ0v) is 17.6. The molecule has 1 aromatic heterocycles. The number of hydrogen-bond donors (Lipinski definition) is 3. The van der Waals surface area contributed by atoms with E-state index >= 15 is 0 Å². The van der Waals surface area contributed by atoms with E-state index in [0.29, 0.717) is 11.5 Å². The Bertz CT molecular complexity index is 989. The van der Waals surface area contributed by atoms with Crippen LogP contribution in [-0.2, 0) is 4.74 Å². The summed E-state index contributed by atoms with van der Waals surface area (Å²) >= 11 is 0. The summed E-state index contributed by atoms with van der Waals surface area (Å²) in [6.45, 7) is 2.24. The van der Waals surface area contributed by atoms with Crippen molar-refractivity contribution in [3.05, 3.63) is 47.7 Å². The second-order valence-corrected chi connectivity index (χ2v) is 8.93. The summed E-state index contributed by atoms with van der Waals surface area (Å²) in [5.74, 6) is -0.416. The normalized spacial score (nSPS) is 20.1. The van der Waals surface area contributed by atoms with Crippen molar-refractivity contribution in [2.45, 2.75) is 44.1 Å². The van der Waals surface area contributed by atoms with Crippen LogP contribution in [0.5, 0.6) is 0 Å². The van der Waals surface area contributed by atoms with Crippen LogP contribution in [0.3, 0.4) is 0 Å². The van der Waals surface area contributed by atoms with Gasteiger partial charge in [-0.25, -0.2) is 9.78 Å². The SMILES string of the molecule is N=C(c1c(N2CC3(CCCCO3)C2)cc(C(=O)O)nc1Nc1ccccc1)C1CCC1. The van der Waals surface area contributed by atoms with Crippen molar-refractivity contribution in [3.63, 3.8) is 0 Å². The van der Waals surface area contributed by atoms with Crippen molar-refractivity contribution in [1.29, 1.82) is 5.41 Å². The fourth-order valence-electron chi connectivity index (χ4n) is 4.78. The molecule has 0 amide bonds. The number of hydrogen-bond acceptors (Lipinski definition) is 6. The van der Waals surface area contributed by atoms with Crippen molar-refractivity contribution < 1.29 is 14.6 Å². The van der Waals surface area contributed by atoms with Gasteiger partial charge in [0.1, 0.15) is 11.4 Å². The monoisotopic (exact) mass is 420 g/mol. The molecule has 0 bridgehead atoms. The Morgan fingerprint density at radius 3 is 2.58 bits per heavy atom. The molecule has 0 radical (unpaired) electrons. The molecule has 31 heavy (non-hydrogen) atoms. The summed E-state index contributed by atoms with van der Waals surface area (Å²) in [7, 11) is 0. The van der Waals surface area contributed by atoms with Crippen LogP contribution in [0.4, 0.5) is 17.2 Å². The van der Waals surface area contributed by atoms with E-state index in [4.69, 9.17) is 10.1 Å². The number of para-hydroxylation sites is 1. The maximum absolute atomic E-state index is 11.9. The molecular formula is C24H28N4O3. The van der Waals surface area contributed by atoms with Crippen molar-refractivity contribution in [2.24, 2.45) is 5.92 Å². The molecule has 3 N–H and O–H groups in total. The van der Waals surface area contributed by atoms with Gasteiger partial charge in [-0.1, -0.05) is 24.6 Å². The molecule has 1 saturated carbocycles. The van der Waals surface area contributed by atoms with E-state index in [-0.39, 0.29) is 17.2 Å². The van der Waals surface area contributed by atoms with Gasteiger partial charge in [0.15, 0.2) is 5.69 Å². The smallest absolute Gasteiger partial charge is 0.354 e. The highest BCUT2D eigenvalue weighted by atomic mass is 16.5. The van der Waals surface area contributed by atoms with Gasteiger partial charge in [-0.05, 0) is 50.3 Å². The second kappa shape index (κ2) is 7.96. The minimum Gasteiger partial charge on any atom is -0.477 e. The number of rotatable bonds is 6. The van der Waals surface area contributed by atoms with Gasteiger partial charge in [0, 0.05) is 37.0 Å². The van der Waals surface area contributed by atoms with Crippen LogP contribution in [0.2, 0.25) is 0 Å². The molecule has 7 nitrogen and oxygen atoms in total. The topological polar surface area (TPSA) is 98.5 Å². The largest absolute Gasteiger partial charge is 0.477 e. The Morgan fingerprint density at radius 2 is 1.97 bits per heavy atom. The third kappa shape index (κ3) is 3.78. The molecule has 162 valence electrons. The number of benzene rings is 1. The average molecular weight is 421 g/mol. The first-order chi connectivity index (χ1) is 15.0. The summed E-state index contributed by atoms with van der Waals surface area (Å²) in [5, 5.41) is 22.0. The highest BCUT2D eigenvalue weighted by Crippen LogP contribution is 2.42. The predicted molar refractivity (Wildman–Crippen MR) is 120 cm³/mol. The van der Waals surface area contributed by atoms with E-state index in [9.17, 15) is 9.90 Å². The summed E-state index contributed by atoms with van der Waals surface area (Å²) in [5.41, 5.74) is 2.74. The molecule has 7 heteroatoms. The number of pyridine rings is 1. The lowest BCUT2D eigenvalue weighted by Gasteiger charge is -2.53. The molecule has 2 aliphatic heterocycles. The van der Waals surface area contributed by atoms with Gasteiger partial charge >= 0.3 is 5.97 Å². The number of nitrogens with one attached hydrogen (secondary N) is 2. The molecule has 0 unspecified atom stereocenters. The standard InChI is InChI=1S/C24H28N4O3/c25-21(16-7-6-8-16)20-19(28-14-24(15-28)11-4-5-12-31-24)13-18(23(29)30)27-22(20)26-17-9-2-1-3-10-17/h1-3,9-10,13,16,25H,4-8,11-12,14-15H2,(H,26,27)(H,29,30). The number of carbonyl (C=O) groups is 1. The summed E-state index contributed by atoms with van der Waals surface area (Å²) in [6, 6.07) is 11.2. The zero-order valence-electron chi connectivity index (χ0n) is 17.6. The van der Waals surface area contributed by atoms with Gasteiger partial charge < -0.3 is 25.5 Å². The number of carboxylic acids is 1. The Kier molecular flexibility index (Phi) is 5.14. The lowest BCUT2D eigenvalue weighted by molar-refractivity contribution is -0.0949. The van der Waals surface area contributed by atoms with E-state index in [1.165, 1.54) is 0 Å². The molecule has 3 heterocycles. The van der Waals surface area contributed by atoms with E-state index in [0.717, 1.165) is 75.2 Å². The van der Waals surface area contributed by atoms with E-state index in [1.807, 2.05) is 30.3 Å². The molecule has 5 rings (SSSR count). The molecule has 0 atom stereocenters. The number of aromatic nitrogens is 1. The fraction of sp³-hybridized carbons (Fsp3) is 0.458. The summed E-state index contributed by atoms with van der Waals surface area (Å²) in [6.07, 6.45) is 6.42. The Hall–Kier alpha value is -2.93. The minimum atomic E-state index is -1.07. The zero-order chi connectivity index (χ0) is 21.4. The first kappa shape index (κ1) is 20.0. The van der Waals surface area contributed by atoms with E-state index in [1.54, 1.807) is 6.07 Å². The average Bonchev–Trinajstić information content (AvgIpc) is 2.71. The summed E-state index contributed by atoms with van der Waals surface area (Å²) < 4.78 is 6.09. The number of carboxylic acid groups (broad SMARTS) is 1. The van der Waals surface area contributed by atoms with Crippen LogP contribution >= 0.6 is 0 Å². The first-order valence-corrected chi connectivity index (χ1v) is 11.1. The van der Waals surface area contributed by atoms with E-state index < -0.39 is 5.97 Å². The van der Waals surface area contributed by atoms with Crippen LogP contribution in [0.25, 0.3) is 0 Å². The quantitative estimate of drug-likeness (QED) is 0.597. The van der Waals surface area contributed by atoms with Gasteiger partial charge in [-0.15, -0.1) is 0 Å². The number of anilines is 3. The van der Waals surface area contributed by atoms with Gasteiger partial charge in [-0.3, -0.25) is 0 Å². The van der Waals surface area contributed by atoms with Crippen LogP contribution in [0.15, 0.2) is 36.4 Å². The Balaban J connectivity index is 1.55. The third-order valence-electron chi connectivity index (χ3n) is 6.77. The molecule has 2 saturated heterocycles. The van der Waals surface area contributed by atoms with Gasteiger partial charge in [-0.2, -0.15) is 0 Å². The second-order valence-electron chi connectivity index (χ2n) is 8.93. The molecule has 3 aliphatic rings. The molecule has 1 spiro atoms. The molecule has 1 aromatic carbocycles. The highest BCUT2D eigenvalue weighted by molar-refractivity contribution is 6.10. The van der Waals surface area contributed by atoms with Crippen LogP contribution < -0.4 is 10.2 Å². The number of aromatic carboxylic acids is 1. The molecule has 2 aromatic rings. The molecule has 1 aliphatic carbocycles. The first-order valence-electron chi connectivity index (χ1n) is 11.1. The maximum atomic E-state index is 11.9. The fourth-order valence-corrected chi connectivity index (χ4v) is 4.78. The van der Waals surface area contributed by atoms with Crippen molar-refractivity contribution in [2.75, 3.05) is 29.9 Å².